The van der Waals surface area contributed by atoms with Gasteiger partial charge in [-0.15, -0.1) is 0 Å². The second kappa shape index (κ2) is 12.2. The largest absolute Gasteiger partial charge is 0.445 e. The highest BCUT2D eigenvalue weighted by atomic mass is 16.5. The van der Waals surface area contributed by atoms with E-state index >= 15 is 0 Å². The van der Waals surface area contributed by atoms with E-state index in [2.05, 4.69) is 16.0 Å². The molecule has 0 unspecified atom stereocenters. The molecule has 0 saturated heterocycles. The van der Waals surface area contributed by atoms with Crippen LogP contribution in [-0.2, 0) is 20.9 Å². The van der Waals surface area contributed by atoms with Crippen molar-refractivity contribution in [2.45, 2.75) is 20.5 Å². The molecule has 7 nitrogen and oxygen atoms in total. The number of likely N-dealkylation sites (N-methyl/N-ethyl adjacent to an activating group) is 1. The van der Waals surface area contributed by atoms with Crippen LogP contribution in [0, 0.1) is 0 Å². The minimum absolute atomic E-state index is 0.129. The SMILES string of the molecule is CC.CNC(=O)CNC(=O)CNC(=O)OCc1ccccc1. The zero-order chi connectivity index (χ0) is 16.8. The minimum Gasteiger partial charge on any atom is -0.445 e. The fourth-order valence-corrected chi connectivity index (χ4v) is 1.26. The van der Waals surface area contributed by atoms with E-state index in [-0.39, 0.29) is 25.6 Å². The topological polar surface area (TPSA) is 96.5 Å². The van der Waals surface area contributed by atoms with Gasteiger partial charge in [-0.05, 0) is 5.56 Å². The van der Waals surface area contributed by atoms with Crippen LogP contribution >= 0.6 is 0 Å². The van der Waals surface area contributed by atoms with Crippen LogP contribution in [0.15, 0.2) is 30.3 Å². The molecule has 3 N–H and O–H groups in total. The van der Waals surface area contributed by atoms with Crippen LogP contribution in [0.5, 0.6) is 0 Å². The van der Waals surface area contributed by atoms with Crippen molar-refractivity contribution in [3.63, 3.8) is 0 Å². The molecular weight excluding hydrogens is 286 g/mol. The van der Waals surface area contributed by atoms with Crippen molar-refractivity contribution in [1.29, 1.82) is 0 Å². The van der Waals surface area contributed by atoms with Gasteiger partial charge in [0.15, 0.2) is 0 Å². The van der Waals surface area contributed by atoms with Crippen molar-refractivity contribution in [2.75, 3.05) is 20.1 Å². The highest BCUT2D eigenvalue weighted by Gasteiger charge is 2.07. The second-order valence-electron chi connectivity index (χ2n) is 3.87. The molecule has 0 saturated carbocycles. The lowest BCUT2D eigenvalue weighted by Gasteiger charge is -2.07. The van der Waals surface area contributed by atoms with Gasteiger partial charge in [-0.3, -0.25) is 9.59 Å². The zero-order valence-corrected chi connectivity index (χ0v) is 13.1. The van der Waals surface area contributed by atoms with E-state index in [1.54, 1.807) is 0 Å². The quantitative estimate of drug-likeness (QED) is 0.724. The van der Waals surface area contributed by atoms with E-state index in [0.29, 0.717) is 0 Å². The van der Waals surface area contributed by atoms with Gasteiger partial charge >= 0.3 is 6.09 Å². The molecule has 1 aromatic carbocycles. The Labute approximate surface area is 130 Å². The summed E-state index contributed by atoms with van der Waals surface area (Å²) in [5.41, 5.74) is 0.853. The summed E-state index contributed by atoms with van der Waals surface area (Å²) in [4.78, 5) is 33.5. The minimum atomic E-state index is -0.691. The van der Waals surface area contributed by atoms with Crippen LogP contribution in [-0.4, -0.2) is 38.0 Å². The maximum atomic E-state index is 11.3. The molecule has 0 aliphatic rings. The summed E-state index contributed by atoms with van der Waals surface area (Å²) in [5.74, 6) is -0.782. The lowest BCUT2D eigenvalue weighted by atomic mass is 10.2. The van der Waals surface area contributed by atoms with Crippen molar-refractivity contribution in [1.82, 2.24) is 16.0 Å². The molecule has 1 rings (SSSR count). The average molecular weight is 309 g/mol. The summed E-state index contributed by atoms with van der Waals surface area (Å²) in [7, 11) is 1.47. The third kappa shape index (κ3) is 9.35. The first-order chi connectivity index (χ1) is 10.6. The summed E-state index contributed by atoms with van der Waals surface area (Å²) < 4.78 is 4.92. The predicted octanol–water partition coefficient (Wildman–Crippen LogP) is 0.801. The van der Waals surface area contributed by atoms with Gasteiger partial charge in [-0.25, -0.2) is 4.79 Å². The molecule has 0 fully saturated rings. The lowest BCUT2D eigenvalue weighted by molar-refractivity contribution is -0.125. The van der Waals surface area contributed by atoms with Gasteiger partial charge < -0.3 is 20.7 Å². The number of carbonyl (C=O) groups is 3. The van der Waals surface area contributed by atoms with Crippen LogP contribution in [0.1, 0.15) is 19.4 Å². The standard InChI is InChI=1S/C13H17N3O4.C2H6/c1-14-11(17)7-15-12(18)8-16-13(19)20-9-10-5-3-2-4-6-10;1-2/h2-6H,7-9H2,1H3,(H,14,17)(H,15,18)(H,16,19);1-2H3. The molecule has 0 bridgehead atoms. The first-order valence-corrected chi connectivity index (χ1v) is 7.03. The molecule has 0 spiro atoms. The predicted molar refractivity (Wildman–Crippen MR) is 83.1 cm³/mol. The number of amides is 3. The van der Waals surface area contributed by atoms with E-state index in [1.165, 1.54) is 7.05 Å². The third-order valence-corrected chi connectivity index (χ3v) is 2.33. The van der Waals surface area contributed by atoms with Crippen molar-refractivity contribution in [3.05, 3.63) is 35.9 Å². The van der Waals surface area contributed by atoms with E-state index in [4.69, 9.17) is 4.74 Å². The van der Waals surface area contributed by atoms with Gasteiger partial charge in [0.25, 0.3) is 0 Å². The Morgan fingerprint density at radius 2 is 1.55 bits per heavy atom. The van der Waals surface area contributed by atoms with Gasteiger partial charge in [-0.2, -0.15) is 0 Å². The molecule has 122 valence electrons. The number of hydrogen-bond donors (Lipinski definition) is 3. The lowest BCUT2D eigenvalue weighted by Crippen LogP contribution is -2.41. The van der Waals surface area contributed by atoms with E-state index in [0.717, 1.165) is 5.56 Å². The number of hydrogen-bond acceptors (Lipinski definition) is 4. The average Bonchev–Trinajstić information content (AvgIpc) is 2.58. The Kier molecular flexibility index (Phi) is 10.8. The molecular formula is C15H23N3O4. The number of carbonyl (C=O) groups excluding carboxylic acids is 3. The molecule has 7 heteroatoms. The van der Waals surface area contributed by atoms with Gasteiger partial charge in [0, 0.05) is 7.05 Å². The Balaban J connectivity index is 0.00000211. The Hall–Kier alpha value is -2.57. The molecule has 0 heterocycles. The summed E-state index contributed by atoms with van der Waals surface area (Å²) in [5, 5.41) is 6.99. The monoisotopic (exact) mass is 309 g/mol. The van der Waals surface area contributed by atoms with Gasteiger partial charge in [0.1, 0.15) is 13.2 Å². The number of ether oxygens (including phenoxy) is 1. The molecule has 0 aliphatic heterocycles. The van der Waals surface area contributed by atoms with Crippen LogP contribution in [0.4, 0.5) is 4.79 Å². The van der Waals surface area contributed by atoms with Crippen LogP contribution < -0.4 is 16.0 Å². The fourth-order valence-electron chi connectivity index (χ4n) is 1.26. The Morgan fingerprint density at radius 3 is 2.14 bits per heavy atom. The summed E-state index contributed by atoms with van der Waals surface area (Å²) in [6, 6.07) is 9.18. The van der Waals surface area contributed by atoms with Crippen molar-refractivity contribution < 1.29 is 19.1 Å². The smallest absolute Gasteiger partial charge is 0.407 e. The number of nitrogens with one attached hydrogen (secondary N) is 3. The molecule has 0 atom stereocenters. The molecule has 0 aliphatic carbocycles. The van der Waals surface area contributed by atoms with Gasteiger partial charge in [0.05, 0.1) is 6.54 Å². The normalized spacial score (nSPS) is 8.86. The first kappa shape index (κ1) is 19.4. The maximum absolute atomic E-state index is 11.3. The van der Waals surface area contributed by atoms with E-state index < -0.39 is 12.0 Å². The van der Waals surface area contributed by atoms with Crippen molar-refractivity contribution >= 4 is 17.9 Å². The van der Waals surface area contributed by atoms with Crippen LogP contribution in [0.25, 0.3) is 0 Å². The maximum Gasteiger partial charge on any atom is 0.407 e. The molecule has 3 amide bonds. The van der Waals surface area contributed by atoms with Crippen LogP contribution in [0.2, 0.25) is 0 Å². The van der Waals surface area contributed by atoms with Crippen molar-refractivity contribution in [2.24, 2.45) is 0 Å². The number of alkyl carbamates (subject to hydrolysis) is 1. The summed E-state index contributed by atoms with van der Waals surface area (Å²) in [6.45, 7) is 3.76. The molecule has 0 aromatic heterocycles. The third-order valence-electron chi connectivity index (χ3n) is 2.33. The number of rotatable bonds is 6. The summed E-state index contributed by atoms with van der Waals surface area (Å²) in [6.07, 6.45) is -0.691. The van der Waals surface area contributed by atoms with Gasteiger partial charge in [-0.1, -0.05) is 44.2 Å². The van der Waals surface area contributed by atoms with E-state index in [9.17, 15) is 14.4 Å². The van der Waals surface area contributed by atoms with Crippen molar-refractivity contribution in [3.8, 4) is 0 Å². The first-order valence-electron chi connectivity index (χ1n) is 7.03. The zero-order valence-electron chi connectivity index (χ0n) is 13.1. The second-order valence-corrected chi connectivity index (χ2v) is 3.87. The van der Waals surface area contributed by atoms with Crippen LogP contribution in [0.3, 0.4) is 0 Å². The Bertz CT molecular complexity index is 463. The van der Waals surface area contributed by atoms with E-state index in [1.807, 2.05) is 44.2 Å². The fraction of sp³-hybridized carbons (Fsp3) is 0.400. The Morgan fingerprint density at radius 1 is 0.955 bits per heavy atom. The highest BCUT2D eigenvalue weighted by molar-refractivity contribution is 5.86. The highest BCUT2D eigenvalue weighted by Crippen LogP contribution is 2.00. The molecule has 1 aromatic rings. The van der Waals surface area contributed by atoms with Gasteiger partial charge in [0.2, 0.25) is 11.8 Å². The summed E-state index contributed by atoms with van der Waals surface area (Å²) >= 11 is 0. The molecule has 0 radical (unpaired) electrons. The number of benzene rings is 1. The molecule has 22 heavy (non-hydrogen) atoms.